The van der Waals surface area contributed by atoms with Crippen LogP contribution in [-0.2, 0) is 18.9 Å². The Labute approximate surface area is 111 Å². The third kappa shape index (κ3) is 1.40. The first-order valence-electron chi connectivity index (χ1n) is 5.25. The standard InChI is InChI=1S/C10H14Br2O4/c1-8(2)14-5-6(15-8)9(4-10(9,11)12)16-7(5)13-3/h5-7H,4H2,1-3H3/t5?,6-,7-,9+/m1/s1. The van der Waals surface area contributed by atoms with Gasteiger partial charge in [-0.2, -0.15) is 0 Å². The Bertz CT molecular complexity index is 333. The first kappa shape index (κ1) is 11.9. The number of methoxy groups -OCH3 is 1. The van der Waals surface area contributed by atoms with Gasteiger partial charge < -0.3 is 18.9 Å². The number of halogens is 2. The molecule has 0 radical (unpaired) electrons. The van der Waals surface area contributed by atoms with Crippen LogP contribution in [0, 0.1) is 0 Å². The van der Waals surface area contributed by atoms with Gasteiger partial charge in [-0.05, 0) is 13.8 Å². The Balaban J connectivity index is 1.91. The average Bonchev–Trinajstić information content (AvgIpc) is 2.45. The van der Waals surface area contributed by atoms with E-state index in [1.807, 2.05) is 13.8 Å². The van der Waals surface area contributed by atoms with Gasteiger partial charge in [0, 0.05) is 13.5 Å². The van der Waals surface area contributed by atoms with Crippen molar-refractivity contribution < 1.29 is 18.9 Å². The van der Waals surface area contributed by atoms with E-state index in [2.05, 4.69) is 31.9 Å². The molecule has 6 heteroatoms. The van der Waals surface area contributed by atoms with Gasteiger partial charge in [-0.1, -0.05) is 31.9 Å². The van der Waals surface area contributed by atoms with E-state index < -0.39 is 5.79 Å². The predicted molar refractivity (Wildman–Crippen MR) is 63.6 cm³/mol. The molecule has 1 aliphatic carbocycles. The molecular formula is C10H14Br2O4. The minimum absolute atomic E-state index is 0.0915. The number of fused-ring (bicyclic) bond motifs is 2. The SMILES string of the molecule is CO[C@@H]1O[C@@]2(CC2(Br)Br)[C@@H]2OC(C)(C)OC12. The van der Waals surface area contributed by atoms with Crippen molar-refractivity contribution in [3.05, 3.63) is 0 Å². The summed E-state index contributed by atoms with van der Waals surface area (Å²) in [6.07, 6.45) is 0.243. The largest absolute Gasteiger partial charge is 0.353 e. The molecule has 3 rings (SSSR count). The molecule has 1 unspecified atom stereocenters. The summed E-state index contributed by atoms with van der Waals surface area (Å²) in [5, 5.41) is 0. The van der Waals surface area contributed by atoms with Crippen LogP contribution in [0.1, 0.15) is 20.3 Å². The van der Waals surface area contributed by atoms with Crippen molar-refractivity contribution >= 4 is 31.9 Å². The highest BCUT2D eigenvalue weighted by molar-refractivity contribution is 9.25. The summed E-state index contributed by atoms with van der Waals surface area (Å²) in [6, 6.07) is 0. The molecule has 4 nitrogen and oxygen atoms in total. The monoisotopic (exact) mass is 356 g/mol. The molecule has 3 aliphatic rings. The average molecular weight is 358 g/mol. The second-order valence-electron chi connectivity index (χ2n) is 5.01. The van der Waals surface area contributed by atoms with Crippen LogP contribution < -0.4 is 0 Å². The Morgan fingerprint density at radius 3 is 2.31 bits per heavy atom. The Kier molecular flexibility index (Phi) is 2.39. The lowest BCUT2D eigenvalue weighted by molar-refractivity contribution is -0.232. The van der Waals surface area contributed by atoms with Crippen LogP contribution in [0.25, 0.3) is 0 Å². The number of hydrogen-bond acceptors (Lipinski definition) is 4. The van der Waals surface area contributed by atoms with Gasteiger partial charge in [0.25, 0.3) is 0 Å². The van der Waals surface area contributed by atoms with Crippen molar-refractivity contribution in [3.63, 3.8) is 0 Å². The second-order valence-corrected chi connectivity index (χ2v) is 8.79. The van der Waals surface area contributed by atoms with Crippen molar-refractivity contribution in [2.45, 2.75) is 53.4 Å². The normalized spacial score (nSPS) is 51.9. The summed E-state index contributed by atoms with van der Waals surface area (Å²) < 4.78 is 22.8. The number of alkyl halides is 2. The quantitative estimate of drug-likeness (QED) is 0.674. The van der Waals surface area contributed by atoms with Crippen LogP contribution in [0.2, 0.25) is 0 Å². The maximum atomic E-state index is 5.93. The Morgan fingerprint density at radius 1 is 1.19 bits per heavy atom. The molecule has 1 saturated carbocycles. The summed E-state index contributed by atoms with van der Waals surface area (Å²) >= 11 is 7.20. The molecule has 0 aromatic carbocycles. The molecule has 2 heterocycles. The summed E-state index contributed by atoms with van der Waals surface area (Å²) in [5.74, 6) is -0.568. The zero-order valence-corrected chi connectivity index (χ0v) is 12.5. The molecule has 0 aromatic rings. The van der Waals surface area contributed by atoms with Crippen molar-refractivity contribution in [2.75, 3.05) is 7.11 Å². The van der Waals surface area contributed by atoms with Crippen molar-refractivity contribution in [2.24, 2.45) is 0 Å². The molecule has 0 bridgehead atoms. The summed E-state index contributed by atoms with van der Waals surface area (Å²) in [4.78, 5) is 0. The Morgan fingerprint density at radius 2 is 1.81 bits per heavy atom. The van der Waals surface area contributed by atoms with E-state index in [0.717, 1.165) is 6.42 Å². The van der Waals surface area contributed by atoms with Crippen LogP contribution in [-0.4, -0.2) is 40.2 Å². The highest BCUT2D eigenvalue weighted by atomic mass is 79.9. The lowest BCUT2D eigenvalue weighted by Crippen LogP contribution is -2.35. The molecule has 16 heavy (non-hydrogen) atoms. The van der Waals surface area contributed by atoms with Gasteiger partial charge in [0.2, 0.25) is 0 Å². The minimum Gasteiger partial charge on any atom is -0.353 e. The lowest BCUT2D eigenvalue weighted by Gasteiger charge is -2.24. The Hall–Kier alpha value is 0.800. The van der Waals surface area contributed by atoms with Gasteiger partial charge in [-0.3, -0.25) is 0 Å². The van der Waals surface area contributed by atoms with E-state index in [0.29, 0.717) is 0 Å². The lowest BCUT2D eigenvalue weighted by atomic mass is 10.1. The predicted octanol–water partition coefficient (Wildman–Crippen LogP) is 2.14. The maximum Gasteiger partial charge on any atom is 0.187 e. The molecule has 3 fully saturated rings. The fraction of sp³-hybridized carbons (Fsp3) is 1.00. The molecule has 4 atom stereocenters. The molecule has 0 aromatic heterocycles. The van der Waals surface area contributed by atoms with Gasteiger partial charge >= 0.3 is 0 Å². The smallest absolute Gasteiger partial charge is 0.187 e. The van der Waals surface area contributed by atoms with Crippen LogP contribution >= 0.6 is 31.9 Å². The van der Waals surface area contributed by atoms with Crippen LogP contribution in [0.3, 0.4) is 0 Å². The summed E-state index contributed by atoms with van der Waals surface area (Å²) in [5.41, 5.74) is -0.369. The zero-order valence-electron chi connectivity index (χ0n) is 9.33. The van der Waals surface area contributed by atoms with Gasteiger partial charge in [0.1, 0.15) is 21.0 Å². The third-order valence-electron chi connectivity index (χ3n) is 3.39. The fourth-order valence-electron chi connectivity index (χ4n) is 2.59. The van der Waals surface area contributed by atoms with Gasteiger partial charge in [0.15, 0.2) is 12.1 Å². The number of rotatable bonds is 1. The van der Waals surface area contributed by atoms with Crippen LogP contribution in [0.4, 0.5) is 0 Å². The van der Waals surface area contributed by atoms with Crippen molar-refractivity contribution in [3.8, 4) is 0 Å². The van der Waals surface area contributed by atoms with Crippen LogP contribution in [0.5, 0.6) is 0 Å². The summed E-state index contributed by atoms with van der Waals surface area (Å²) in [7, 11) is 1.63. The first-order valence-corrected chi connectivity index (χ1v) is 6.84. The minimum atomic E-state index is -0.568. The highest BCUT2D eigenvalue weighted by Crippen LogP contribution is 2.69. The zero-order chi connectivity index (χ0) is 11.8. The van der Waals surface area contributed by atoms with Crippen molar-refractivity contribution in [1.82, 2.24) is 0 Å². The molecule has 2 aliphatic heterocycles. The molecule has 0 amide bonds. The molecule has 1 spiro atoms. The van der Waals surface area contributed by atoms with E-state index in [-0.39, 0.29) is 27.3 Å². The molecular weight excluding hydrogens is 344 g/mol. The second kappa shape index (κ2) is 3.22. The van der Waals surface area contributed by atoms with E-state index >= 15 is 0 Å². The van der Waals surface area contributed by atoms with Gasteiger partial charge in [-0.15, -0.1) is 0 Å². The molecule has 0 N–H and O–H groups in total. The van der Waals surface area contributed by atoms with E-state index in [4.69, 9.17) is 18.9 Å². The van der Waals surface area contributed by atoms with E-state index in [9.17, 15) is 0 Å². The fourth-order valence-corrected chi connectivity index (χ4v) is 4.07. The van der Waals surface area contributed by atoms with Gasteiger partial charge in [0.05, 0.1) is 0 Å². The van der Waals surface area contributed by atoms with Crippen LogP contribution in [0.15, 0.2) is 0 Å². The topological polar surface area (TPSA) is 36.9 Å². The van der Waals surface area contributed by atoms with Crippen molar-refractivity contribution in [1.29, 1.82) is 0 Å². The third-order valence-corrected chi connectivity index (χ3v) is 5.30. The maximum absolute atomic E-state index is 5.93. The first-order chi connectivity index (χ1) is 7.31. The van der Waals surface area contributed by atoms with E-state index in [1.54, 1.807) is 7.11 Å². The summed E-state index contributed by atoms with van der Waals surface area (Å²) in [6.45, 7) is 3.83. The molecule has 92 valence electrons. The molecule has 2 saturated heterocycles. The number of hydrogen-bond donors (Lipinski definition) is 0. The number of ether oxygens (including phenoxy) is 4. The highest BCUT2D eigenvalue weighted by Gasteiger charge is 2.80. The van der Waals surface area contributed by atoms with Gasteiger partial charge in [-0.25, -0.2) is 0 Å². The van der Waals surface area contributed by atoms with E-state index in [1.165, 1.54) is 0 Å².